The van der Waals surface area contributed by atoms with E-state index in [1.165, 1.54) is 0 Å². The van der Waals surface area contributed by atoms with Crippen LogP contribution in [0.25, 0.3) is 0 Å². The summed E-state index contributed by atoms with van der Waals surface area (Å²) in [7, 11) is -3.07. The van der Waals surface area contributed by atoms with Crippen molar-refractivity contribution in [2.75, 3.05) is 49.1 Å². The van der Waals surface area contributed by atoms with Crippen LogP contribution in [0.1, 0.15) is 12.0 Å². The van der Waals surface area contributed by atoms with Crippen LogP contribution >= 0.6 is 0 Å². The third-order valence-corrected chi connectivity index (χ3v) is 7.48. The highest BCUT2D eigenvalue weighted by Crippen LogP contribution is 2.21. The van der Waals surface area contributed by atoms with Crippen molar-refractivity contribution in [3.63, 3.8) is 0 Å². The number of rotatable bonds is 6. The summed E-state index contributed by atoms with van der Waals surface area (Å²) in [5, 5.41) is 0. The average Bonchev–Trinajstić information content (AvgIpc) is 3.13. The molecule has 0 N–H and O–H groups in total. The molecule has 2 saturated heterocycles. The number of hydrogen-bond donors (Lipinski definition) is 0. The first kappa shape index (κ1) is 20.7. The SMILES string of the molecule is O=C(CN1CCN(c2ncccn2)CC1)N(Cc1ccccc1)[C@H]1CCS(=O)(=O)C1. The minimum Gasteiger partial charge on any atom is -0.338 e. The van der Waals surface area contributed by atoms with Gasteiger partial charge in [-0.15, -0.1) is 0 Å². The van der Waals surface area contributed by atoms with E-state index in [-0.39, 0.29) is 23.5 Å². The van der Waals surface area contributed by atoms with Crippen molar-refractivity contribution in [1.29, 1.82) is 0 Å². The van der Waals surface area contributed by atoms with Gasteiger partial charge in [0, 0.05) is 51.2 Å². The molecule has 0 spiro atoms. The van der Waals surface area contributed by atoms with Crippen LogP contribution < -0.4 is 4.90 Å². The van der Waals surface area contributed by atoms with E-state index in [2.05, 4.69) is 19.8 Å². The van der Waals surface area contributed by atoms with E-state index < -0.39 is 9.84 Å². The number of sulfone groups is 1. The van der Waals surface area contributed by atoms with Gasteiger partial charge in [0.05, 0.1) is 18.1 Å². The Kier molecular flexibility index (Phi) is 6.29. The largest absolute Gasteiger partial charge is 0.338 e. The maximum absolute atomic E-state index is 13.2. The second kappa shape index (κ2) is 9.09. The second-order valence-electron chi connectivity index (χ2n) is 7.88. The molecule has 160 valence electrons. The third kappa shape index (κ3) is 5.14. The first-order valence-corrected chi connectivity index (χ1v) is 12.1. The van der Waals surface area contributed by atoms with Crippen LogP contribution in [0.3, 0.4) is 0 Å². The summed E-state index contributed by atoms with van der Waals surface area (Å²) in [4.78, 5) is 27.8. The van der Waals surface area contributed by atoms with Crippen molar-refractivity contribution in [3.8, 4) is 0 Å². The fourth-order valence-corrected chi connectivity index (χ4v) is 5.80. The molecule has 0 aliphatic carbocycles. The van der Waals surface area contributed by atoms with E-state index in [0.717, 1.165) is 31.7 Å². The molecule has 4 rings (SSSR count). The predicted octanol–water partition coefficient (Wildman–Crippen LogP) is 0.815. The maximum Gasteiger partial charge on any atom is 0.237 e. The Hall–Kier alpha value is -2.52. The molecule has 30 heavy (non-hydrogen) atoms. The zero-order chi connectivity index (χ0) is 21.0. The summed E-state index contributed by atoms with van der Waals surface area (Å²) in [6, 6.07) is 11.3. The number of benzene rings is 1. The number of nitrogens with zero attached hydrogens (tertiary/aromatic N) is 5. The molecule has 1 aromatic heterocycles. The van der Waals surface area contributed by atoms with Crippen molar-refractivity contribution in [2.24, 2.45) is 0 Å². The monoisotopic (exact) mass is 429 g/mol. The van der Waals surface area contributed by atoms with Crippen molar-refractivity contribution >= 4 is 21.7 Å². The van der Waals surface area contributed by atoms with Gasteiger partial charge in [-0.05, 0) is 18.1 Å². The molecule has 1 aromatic carbocycles. The van der Waals surface area contributed by atoms with Gasteiger partial charge in [0.2, 0.25) is 11.9 Å². The number of aromatic nitrogens is 2. The van der Waals surface area contributed by atoms with E-state index in [1.54, 1.807) is 23.4 Å². The molecule has 8 nitrogen and oxygen atoms in total. The van der Waals surface area contributed by atoms with Gasteiger partial charge in [-0.1, -0.05) is 30.3 Å². The van der Waals surface area contributed by atoms with Gasteiger partial charge < -0.3 is 9.80 Å². The molecule has 0 bridgehead atoms. The lowest BCUT2D eigenvalue weighted by Gasteiger charge is -2.36. The molecule has 0 radical (unpaired) electrons. The van der Waals surface area contributed by atoms with E-state index in [0.29, 0.717) is 25.5 Å². The summed E-state index contributed by atoms with van der Waals surface area (Å²) in [5.41, 5.74) is 1.01. The van der Waals surface area contributed by atoms with Crippen molar-refractivity contribution in [3.05, 3.63) is 54.4 Å². The van der Waals surface area contributed by atoms with E-state index >= 15 is 0 Å². The normalized spacial score (nSPS) is 21.5. The highest BCUT2D eigenvalue weighted by Gasteiger charge is 2.35. The minimum atomic E-state index is -3.07. The van der Waals surface area contributed by atoms with Crippen LogP contribution in [-0.4, -0.2) is 84.4 Å². The fraction of sp³-hybridized carbons (Fsp3) is 0.476. The summed E-state index contributed by atoms with van der Waals surface area (Å²) in [5.74, 6) is 0.923. The van der Waals surface area contributed by atoms with Crippen LogP contribution in [0.5, 0.6) is 0 Å². The maximum atomic E-state index is 13.2. The van der Waals surface area contributed by atoms with Crippen molar-refractivity contribution < 1.29 is 13.2 Å². The summed E-state index contributed by atoms with van der Waals surface area (Å²) >= 11 is 0. The van der Waals surface area contributed by atoms with Gasteiger partial charge in [-0.2, -0.15) is 0 Å². The Labute approximate surface area is 177 Å². The molecule has 3 heterocycles. The van der Waals surface area contributed by atoms with Crippen LogP contribution in [-0.2, 0) is 21.2 Å². The third-order valence-electron chi connectivity index (χ3n) is 5.73. The number of carbonyl (C=O) groups is 1. The van der Waals surface area contributed by atoms with Gasteiger partial charge in [0.25, 0.3) is 0 Å². The zero-order valence-corrected chi connectivity index (χ0v) is 17.7. The smallest absolute Gasteiger partial charge is 0.237 e. The lowest BCUT2D eigenvalue weighted by Crippen LogP contribution is -2.52. The second-order valence-corrected chi connectivity index (χ2v) is 10.1. The predicted molar refractivity (Wildman–Crippen MR) is 115 cm³/mol. The molecule has 2 aliphatic rings. The first-order valence-electron chi connectivity index (χ1n) is 10.3. The molecule has 1 atom stereocenters. The van der Waals surface area contributed by atoms with Gasteiger partial charge in [-0.3, -0.25) is 9.69 Å². The van der Waals surface area contributed by atoms with Crippen molar-refractivity contribution in [1.82, 2.24) is 19.8 Å². The Balaban J connectivity index is 1.39. The van der Waals surface area contributed by atoms with Crippen LogP contribution in [0.15, 0.2) is 48.8 Å². The molecule has 2 fully saturated rings. The summed E-state index contributed by atoms with van der Waals surface area (Å²) in [6.45, 7) is 3.74. The molecule has 2 aliphatic heterocycles. The van der Waals surface area contributed by atoms with E-state index in [9.17, 15) is 13.2 Å². The van der Waals surface area contributed by atoms with Crippen LogP contribution in [0.2, 0.25) is 0 Å². The molecule has 0 unspecified atom stereocenters. The summed E-state index contributed by atoms with van der Waals surface area (Å²) < 4.78 is 24.0. The number of carbonyl (C=O) groups excluding carboxylic acids is 1. The standard InChI is InChI=1S/C21H27N5O3S/c27-20(16-24-10-12-25(13-11-24)21-22-8-4-9-23-21)26(15-18-5-2-1-3-6-18)19-7-14-30(28,29)17-19/h1-6,8-9,19H,7,10-17H2/t19-/m0/s1. The first-order chi connectivity index (χ1) is 14.5. The molecular formula is C21H27N5O3S. The van der Waals surface area contributed by atoms with E-state index in [4.69, 9.17) is 0 Å². The summed E-state index contributed by atoms with van der Waals surface area (Å²) in [6.07, 6.45) is 3.98. The number of piperazine rings is 1. The fourth-order valence-electron chi connectivity index (χ4n) is 4.06. The number of amides is 1. The van der Waals surface area contributed by atoms with E-state index in [1.807, 2.05) is 30.3 Å². The van der Waals surface area contributed by atoms with Gasteiger partial charge in [-0.25, -0.2) is 18.4 Å². The molecule has 1 amide bonds. The molecule has 0 saturated carbocycles. The van der Waals surface area contributed by atoms with Gasteiger partial charge >= 0.3 is 0 Å². The van der Waals surface area contributed by atoms with Crippen LogP contribution in [0.4, 0.5) is 5.95 Å². The average molecular weight is 430 g/mol. The lowest BCUT2D eigenvalue weighted by atomic mass is 10.1. The Morgan fingerprint density at radius 2 is 1.73 bits per heavy atom. The number of hydrogen-bond acceptors (Lipinski definition) is 7. The van der Waals surface area contributed by atoms with Crippen LogP contribution in [0, 0.1) is 0 Å². The van der Waals surface area contributed by atoms with Gasteiger partial charge in [0.15, 0.2) is 9.84 Å². The Morgan fingerprint density at radius 1 is 1.03 bits per heavy atom. The van der Waals surface area contributed by atoms with Gasteiger partial charge in [0.1, 0.15) is 0 Å². The minimum absolute atomic E-state index is 0.00892. The quantitative estimate of drug-likeness (QED) is 0.672. The Morgan fingerprint density at radius 3 is 2.37 bits per heavy atom. The molecule has 2 aromatic rings. The van der Waals surface area contributed by atoms with Crippen molar-refractivity contribution in [2.45, 2.75) is 19.0 Å². The molecular weight excluding hydrogens is 402 g/mol. The Bertz CT molecular complexity index is 947. The highest BCUT2D eigenvalue weighted by molar-refractivity contribution is 7.91. The lowest BCUT2D eigenvalue weighted by molar-refractivity contribution is -0.135. The number of anilines is 1. The molecule has 9 heteroatoms. The zero-order valence-electron chi connectivity index (χ0n) is 16.9. The topological polar surface area (TPSA) is 86.7 Å². The highest BCUT2D eigenvalue weighted by atomic mass is 32.2.